The fourth-order valence-electron chi connectivity index (χ4n) is 2.96. The number of H-pyrrole nitrogens is 1. The van der Waals surface area contributed by atoms with Gasteiger partial charge in [-0.3, -0.25) is 9.59 Å². The molecule has 0 saturated heterocycles. The van der Waals surface area contributed by atoms with Crippen LogP contribution in [0.5, 0.6) is 0 Å². The van der Waals surface area contributed by atoms with E-state index in [1.807, 2.05) is 24.3 Å². The van der Waals surface area contributed by atoms with Crippen molar-refractivity contribution in [2.24, 2.45) is 5.92 Å². The van der Waals surface area contributed by atoms with E-state index in [1.165, 1.54) is 6.07 Å². The predicted octanol–water partition coefficient (Wildman–Crippen LogP) is 3.08. The second-order valence-electron chi connectivity index (χ2n) is 6.27. The van der Waals surface area contributed by atoms with Gasteiger partial charge in [0.15, 0.2) is 0 Å². The summed E-state index contributed by atoms with van der Waals surface area (Å²) in [5.41, 5.74) is 1.99. The Morgan fingerprint density at radius 2 is 2.08 bits per heavy atom. The zero-order valence-electron chi connectivity index (χ0n) is 13.7. The molecule has 0 unspecified atom stereocenters. The van der Waals surface area contributed by atoms with E-state index < -0.39 is 0 Å². The van der Waals surface area contributed by atoms with E-state index in [4.69, 9.17) is 4.42 Å². The molecule has 1 amide bonds. The van der Waals surface area contributed by atoms with E-state index in [-0.39, 0.29) is 23.3 Å². The molecule has 0 bridgehead atoms. The summed E-state index contributed by atoms with van der Waals surface area (Å²) >= 11 is 0. The fourth-order valence-corrected chi connectivity index (χ4v) is 2.96. The van der Waals surface area contributed by atoms with Crippen molar-refractivity contribution < 1.29 is 9.21 Å². The lowest BCUT2D eigenvalue weighted by Gasteiger charge is -2.06. The summed E-state index contributed by atoms with van der Waals surface area (Å²) in [4.78, 5) is 30.9. The first kappa shape index (κ1) is 15.4. The van der Waals surface area contributed by atoms with Gasteiger partial charge in [0.2, 0.25) is 5.91 Å². The highest BCUT2D eigenvalue weighted by molar-refractivity contribution is 5.95. The van der Waals surface area contributed by atoms with Crippen LogP contribution in [0.4, 0.5) is 5.69 Å². The number of carbonyl (C=O) groups is 1. The van der Waals surface area contributed by atoms with Crippen LogP contribution in [-0.2, 0) is 4.79 Å². The standard InChI is InChI=1S/C19H17N3O3/c1-11-9-17(23)22-18(20-11)12-4-6-13(7-5-12)21-19(24)15-10-14(15)16-3-2-8-25-16/h2-9,14-15H,10H2,1H3,(H,21,24)(H,20,22,23)/t14-,15-/m0/s1. The van der Waals surface area contributed by atoms with Crippen LogP contribution in [0.3, 0.4) is 0 Å². The summed E-state index contributed by atoms with van der Waals surface area (Å²) in [6.07, 6.45) is 2.44. The second-order valence-corrected chi connectivity index (χ2v) is 6.27. The molecule has 1 aromatic carbocycles. The Morgan fingerprint density at radius 1 is 1.28 bits per heavy atom. The summed E-state index contributed by atoms with van der Waals surface area (Å²) < 4.78 is 5.36. The second kappa shape index (κ2) is 6.05. The molecule has 0 aliphatic heterocycles. The van der Waals surface area contributed by atoms with Crippen molar-refractivity contribution in [3.8, 4) is 11.4 Å². The Balaban J connectivity index is 1.44. The van der Waals surface area contributed by atoms with Gasteiger partial charge in [0, 0.05) is 34.8 Å². The van der Waals surface area contributed by atoms with Crippen LogP contribution < -0.4 is 10.9 Å². The largest absolute Gasteiger partial charge is 0.469 e. The van der Waals surface area contributed by atoms with Gasteiger partial charge in [-0.1, -0.05) is 0 Å². The number of nitrogens with zero attached hydrogens (tertiary/aromatic N) is 1. The number of nitrogens with one attached hydrogen (secondary N) is 2. The smallest absolute Gasteiger partial charge is 0.251 e. The minimum Gasteiger partial charge on any atom is -0.469 e. The van der Waals surface area contributed by atoms with Crippen LogP contribution in [0.15, 0.2) is 57.9 Å². The average Bonchev–Trinajstić information content (AvgIpc) is 3.20. The maximum atomic E-state index is 12.3. The third kappa shape index (κ3) is 3.24. The van der Waals surface area contributed by atoms with Gasteiger partial charge in [0.1, 0.15) is 11.6 Å². The zero-order valence-corrected chi connectivity index (χ0v) is 13.7. The van der Waals surface area contributed by atoms with Gasteiger partial charge in [-0.15, -0.1) is 0 Å². The molecule has 0 radical (unpaired) electrons. The normalized spacial score (nSPS) is 18.8. The molecule has 2 heterocycles. The zero-order chi connectivity index (χ0) is 17.4. The maximum Gasteiger partial charge on any atom is 0.251 e. The number of aromatic amines is 1. The third-order valence-electron chi connectivity index (χ3n) is 4.33. The Kier molecular flexibility index (Phi) is 3.72. The van der Waals surface area contributed by atoms with Gasteiger partial charge in [0.25, 0.3) is 5.56 Å². The number of amides is 1. The average molecular weight is 335 g/mol. The molecule has 6 nitrogen and oxygen atoms in total. The lowest BCUT2D eigenvalue weighted by atomic mass is 10.2. The lowest BCUT2D eigenvalue weighted by molar-refractivity contribution is -0.117. The van der Waals surface area contributed by atoms with E-state index in [9.17, 15) is 9.59 Å². The number of furan rings is 1. The van der Waals surface area contributed by atoms with Crippen LogP contribution in [0.2, 0.25) is 0 Å². The van der Waals surface area contributed by atoms with E-state index in [0.717, 1.165) is 17.7 Å². The summed E-state index contributed by atoms with van der Waals surface area (Å²) in [6, 6.07) is 12.4. The van der Waals surface area contributed by atoms with Crippen molar-refractivity contribution in [2.45, 2.75) is 19.3 Å². The van der Waals surface area contributed by atoms with Crippen LogP contribution in [0.1, 0.15) is 23.8 Å². The van der Waals surface area contributed by atoms with Crippen LogP contribution in [0.25, 0.3) is 11.4 Å². The molecule has 1 saturated carbocycles. The van der Waals surface area contributed by atoms with E-state index >= 15 is 0 Å². The van der Waals surface area contributed by atoms with Crippen LogP contribution >= 0.6 is 0 Å². The number of rotatable bonds is 4. The van der Waals surface area contributed by atoms with Crippen LogP contribution in [-0.4, -0.2) is 15.9 Å². The fraction of sp³-hybridized carbons (Fsp3) is 0.211. The van der Waals surface area contributed by atoms with Gasteiger partial charge < -0.3 is 14.7 Å². The number of anilines is 1. The SMILES string of the molecule is Cc1cc(=O)[nH]c(-c2ccc(NC(=O)[C@H]3C[C@@H]3c3ccco3)cc2)n1. The number of aryl methyl sites for hydroxylation is 1. The summed E-state index contributed by atoms with van der Waals surface area (Å²) in [5.74, 6) is 1.51. The molecule has 1 aliphatic rings. The van der Waals surface area contributed by atoms with Crippen molar-refractivity contribution in [1.29, 1.82) is 0 Å². The molecule has 6 heteroatoms. The van der Waals surface area contributed by atoms with Gasteiger partial charge in [-0.05, 0) is 49.7 Å². The molecule has 2 aromatic heterocycles. The molecule has 126 valence electrons. The minimum atomic E-state index is -0.183. The number of hydrogen-bond acceptors (Lipinski definition) is 4. The summed E-state index contributed by atoms with van der Waals surface area (Å²) in [6.45, 7) is 1.78. The quantitative estimate of drug-likeness (QED) is 0.767. The third-order valence-corrected chi connectivity index (χ3v) is 4.33. The molecule has 25 heavy (non-hydrogen) atoms. The lowest BCUT2D eigenvalue weighted by Crippen LogP contribution is -2.14. The Labute approximate surface area is 143 Å². The molecular weight excluding hydrogens is 318 g/mol. The van der Waals surface area contributed by atoms with Crippen molar-refractivity contribution in [3.05, 3.63) is 70.5 Å². The van der Waals surface area contributed by atoms with E-state index in [2.05, 4.69) is 15.3 Å². The van der Waals surface area contributed by atoms with Gasteiger partial charge in [-0.2, -0.15) is 0 Å². The minimum absolute atomic E-state index is 0.00348. The molecule has 4 rings (SSSR count). The molecule has 2 atom stereocenters. The Hall–Kier alpha value is -3.15. The van der Waals surface area contributed by atoms with E-state index in [1.54, 1.807) is 25.3 Å². The Morgan fingerprint density at radius 3 is 2.76 bits per heavy atom. The topological polar surface area (TPSA) is 88.0 Å². The molecular formula is C19H17N3O3. The summed E-state index contributed by atoms with van der Waals surface area (Å²) in [5, 5.41) is 2.92. The van der Waals surface area contributed by atoms with Gasteiger partial charge in [0.05, 0.1) is 6.26 Å². The number of hydrogen-bond donors (Lipinski definition) is 2. The highest BCUT2D eigenvalue weighted by Crippen LogP contribution is 2.48. The van der Waals surface area contributed by atoms with Gasteiger partial charge >= 0.3 is 0 Å². The monoisotopic (exact) mass is 335 g/mol. The van der Waals surface area contributed by atoms with Crippen molar-refractivity contribution >= 4 is 11.6 Å². The molecule has 1 aliphatic carbocycles. The van der Waals surface area contributed by atoms with Crippen molar-refractivity contribution in [3.63, 3.8) is 0 Å². The predicted molar refractivity (Wildman–Crippen MR) is 93.2 cm³/mol. The van der Waals surface area contributed by atoms with Gasteiger partial charge in [-0.25, -0.2) is 4.98 Å². The number of carbonyl (C=O) groups excluding carboxylic acids is 1. The first-order chi connectivity index (χ1) is 12.1. The maximum absolute atomic E-state index is 12.3. The van der Waals surface area contributed by atoms with E-state index in [0.29, 0.717) is 17.2 Å². The molecule has 2 N–H and O–H groups in total. The highest BCUT2D eigenvalue weighted by Gasteiger charge is 2.45. The molecule has 0 spiro atoms. The van der Waals surface area contributed by atoms with Crippen molar-refractivity contribution in [2.75, 3.05) is 5.32 Å². The van der Waals surface area contributed by atoms with Crippen molar-refractivity contribution in [1.82, 2.24) is 9.97 Å². The number of benzene rings is 1. The molecule has 1 fully saturated rings. The van der Waals surface area contributed by atoms with Crippen LogP contribution in [0, 0.1) is 12.8 Å². The summed E-state index contributed by atoms with van der Waals surface area (Å²) in [7, 11) is 0. The highest BCUT2D eigenvalue weighted by atomic mass is 16.3. The first-order valence-corrected chi connectivity index (χ1v) is 8.13. The Bertz CT molecular complexity index is 958. The number of aromatic nitrogens is 2. The molecule has 3 aromatic rings. The first-order valence-electron chi connectivity index (χ1n) is 8.13.